The summed E-state index contributed by atoms with van der Waals surface area (Å²) in [5.74, 6) is 0.600. The van der Waals surface area contributed by atoms with Crippen LogP contribution in [-0.4, -0.2) is 27.2 Å². The Balaban J connectivity index is 2.00. The topological polar surface area (TPSA) is 59.8 Å². The molecular weight excluding hydrogens is 394 g/mol. The summed E-state index contributed by atoms with van der Waals surface area (Å²) >= 11 is 1.47. The van der Waals surface area contributed by atoms with E-state index in [0.29, 0.717) is 34.8 Å². The minimum absolute atomic E-state index is 0.303. The first-order valence-electron chi connectivity index (χ1n) is 8.74. The van der Waals surface area contributed by atoms with Crippen molar-refractivity contribution in [3.05, 3.63) is 66.4 Å². The number of aromatic nitrogens is 3. The van der Waals surface area contributed by atoms with Crippen molar-refractivity contribution in [3.63, 3.8) is 0 Å². The molecule has 2 aromatic heterocycles. The van der Waals surface area contributed by atoms with E-state index in [-0.39, 0.29) is 5.69 Å². The van der Waals surface area contributed by atoms with Crippen LogP contribution in [0.15, 0.2) is 65.6 Å². The number of hydrogen-bond acceptors (Lipinski definition) is 4. The monoisotopic (exact) mass is 410 g/mol. The number of alkyl halides is 2. The molecule has 8 heteroatoms. The van der Waals surface area contributed by atoms with Crippen LogP contribution in [0.2, 0.25) is 0 Å². The lowest BCUT2D eigenvalue weighted by Crippen LogP contribution is -2.02. The summed E-state index contributed by atoms with van der Waals surface area (Å²) < 4.78 is 28.3. The minimum Gasteiger partial charge on any atom is -0.328 e. The molecule has 0 bridgehead atoms. The average Bonchev–Trinajstić information content (AvgIpc) is 3.13. The number of halogens is 2. The van der Waals surface area contributed by atoms with Crippen LogP contribution in [0.25, 0.3) is 28.2 Å². The third kappa shape index (κ3) is 3.58. The van der Waals surface area contributed by atoms with Crippen molar-refractivity contribution in [2.75, 3.05) is 11.6 Å². The number of hydrogen-bond donors (Lipinski definition) is 1. The minimum atomic E-state index is -2.68. The van der Waals surface area contributed by atoms with Gasteiger partial charge >= 0.3 is 0 Å². The molecule has 0 aliphatic heterocycles. The van der Waals surface area contributed by atoms with Gasteiger partial charge in [0.15, 0.2) is 5.65 Å². The number of carbonyl (C=O) groups excluding carboxylic acids is 1. The van der Waals surface area contributed by atoms with E-state index in [9.17, 15) is 13.6 Å². The second-order valence-electron chi connectivity index (χ2n) is 6.16. The first-order valence-corrected chi connectivity index (χ1v) is 9.96. The Kier molecular flexibility index (Phi) is 5.26. The number of carbonyl (C=O) groups is 1. The van der Waals surface area contributed by atoms with E-state index in [0.717, 1.165) is 10.5 Å². The highest BCUT2D eigenvalue weighted by Gasteiger charge is 2.19. The van der Waals surface area contributed by atoms with Crippen LogP contribution < -0.4 is 5.32 Å². The maximum atomic E-state index is 13.3. The average molecular weight is 410 g/mol. The fourth-order valence-electron chi connectivity index (χ4n) is 3.12. The SMILES string of the molecule is CSc1cc(-n2c(-c3ccccc3)nc3ccc(C(F)F)nc32)ccc1NC=O. The molecule has 0 unspecified atom stereocenters. The largest absolute Gasteiger partial charge is 0.328 e. The predicted octanol–water partition coefficient (Wildman–Crippen LogP) is 5.32. The van der Waals surface area contributed by atoms with Gasteiger partial charge in [0.05, 0.1) is 11.4 Å². The molecule has 0 fully saturated rings. The number of pyridine rings is 1. The highest BCUT2D eigenvalue weighted by Crippen LogP contribution is 2.33. The summed E-state index contributed by atoms with van der Waals surface area (Å²) in [6.07, 6.45) is -0.164. The highest BCUT2D eigenvalue weighted by atomic mass is 32.2. The van der Waals surface area contributed by atoms with E-state index >= 15 is 0 Å². The van der Waals surface area contributed by atoms with Crippen molar-refractivity contribution in [3.8, 4) is 17.1 Å². The molecule has 2 heterocycles. The van der Waals surface area contributed by atoms with E-state index in [1.54, 1.807) is 22.8 Å². The number of imidazole rings is 1. The Morgan fingerprint density at radius 1 is 1.07 bits per heavy atom. The van der Waals surface area contributed by atoms with Gasteiger partial charge in [0.25, 0.3) is 6.43 Å². The van der Waals surface area contributed by atoms with Crippen LogP contribution in [0.5, 0.6) is 0 Å². The Hall–Kier alpha value is -3.26. The van der Waals surface area contributed by atoms with Crippen molar-refractivity contribution in [1.29, 1.82) is 0 Å². The van der Waals surface area contributed by atoms with E-state index in [4.69, 9.17) is 0 Å². The Morgan fingerprint density at radius 3 is 2.55 bits per heavy atom. The van der Waals surface area contributed by atoms with E-state index in [1.807, 2.05) is 42.7 Å². The normalized spacial score (nSPS) is 11.2. The molecule has 1 amide bonds. The molecular formula is C21H16F2N4OS. The second-order valence-corrected chi connectivity index (χ2v) is 7.01. The van der Waals surface area contributed by atoms with Crippen molar-refractivity contribution in [1.82, 2.24) is 14.5 Å². The van der Waals surface area contributed by atoms with E-state index in [2.05, 4.69) is 15.3 Å². The molecule has 5 nitrogen and oxygen atoms in total. The molecule has 0 saturated heterocycles. The number of amides is 1. The van der Waals surface area contributed by atoms with Crippen LogP contribution in [0.1, 0.15) is 12.1 Å². The van der Waals surface area contributed by atoms with Crippen LogP contribution in [0.4, 0.5) is 14.5 Å². The molecule has 0 saturated carbocycles. The summed E-state index contributed by atoms with van der Waals surface area (Å²) in [6.45, 7) is 0. The number of thioether (sulfide) groups is 1. The number of nitrogens with zero attached hydrogens (tertiary/aromatic N) is 3. The van der Waals surface area contributed by atoms with Crippen molar-refractivity contribution in [2.24, 2.45) is 0 Å². The molecule has 1 N–H and O–H groups in total. The summed E-state index contributed by atoms with van der Waals surface area (Å²) in [5, 5.41) is 2.67. The lowest BCUT2D eigenvalue weighted by molar-refractivity contribution is -0.105. The van der Waals surface area contributed by atoms with Gasteiger partial charge in [-0.3, -0.25) is 9.36 Å². The molecule has 4 rings (SSSR count). The van der Waals surface area contributed by atoms with Crippen molar-refractivity contribution >= 4 is 35.0 Å². The van der Waals surface area contributed by atoms with Gasteiger partial charge in [-0.1, -0.05) is 30.3 Å². The zero-order chi connectivity index (χ0) is 20.4. The third-order valence-electron chi connectivity index (χ3n) is 4.44. The fraction of sp³-hybridized carbons (Fsp3) is 0.0952. The first-order chi connectivity index (χ1) is 14.1. The standard InChI is InChI=1S/C21H16F2N4OS/c1-29-18-11-14(7-8-15(18)24-12-28)27-20(13-5-3-2-4-6-13)26-17-10-9-16(19(22)23)25-21(17)27/h2-12,19H,1H3,(H,24,28). The number of benzene rings is 2. The van der Waals surface area contributed by atoms with E-state index < -0.39 is 6.43 Å². The highest BCUT2D eigenvalue weighted by molar-refractivity contribution is 7.98. The number of anilines is 1. The van der Waals surface area contributed by atoms with Gasteiger partial charge in [0.2, 0.25) is 6.41 Å². The van der Waals surface area contributed by atoms with Gasteiger partial charge < -0.3 is 5.32 Å². The summed E-state index contributed by atoms with van der Waals surface area (Å²) in [7, 11) is 0. The van der Waals surface area contributed by atoms with Crippen LogP contribution in [-0.2, 0) is 4.79 Å². The van der Waals surface area contributed by atoms with Gasteiger partial charge in [0, 0.05) is 10.5 Å². The lowest BCUT2D eigenvalue weighted by atomic mass is 10.2. The van der Waals surface area contributed by atoms with Crippen molar-refractivity contribution in [2.45, 2.75) is 11.3 Å². The maximum absolute atomic E-state index is 13.3. The summed E-state index contributed by atoms with van der Waals surface area (Å²) in [6, 6.07) is 17.8. The molecule has 0 aliphatic carbocycles. The second kappa shape index (κ2) is 8.00. The molecule has 2 aromatic carbocycles. The Labute approximate surface area is 169 Å². The van der Waals surface area contributed by atoms with Gasteiger partial charge in [-0.25, -0.2) is 18.7 Å². The molecule has 0 radical (unpaired) electrons. The Morgan fingerprint density at radius 2 is 1.86 bits per heavy atom. The van der Waals surface area contributed by atoms with Gasteiger partial charge in [0.1, 0.15) is 17.0 Å². The fourth-order valence-corrected chi connectivity index (χ4v) is 3.71. The number of nitrogens with one attached hydrogen (secondary N) is 1. The van der Waals surface area contributed by atoms with Gasteiger partial charge in [-0.05, 0) is 36.6 Å². The zero-order valence-corrected chi connectivity index (χ0v) is 16.2. The van der Waals surface area contributed by atoms with Crippen LogP contribution >= 0.6 is 11.8 Å². The van der Waals surface area contributed by atoms with Crippen LogP contribution in [0, 0.1) is 0 Å². The van der Waals surface area contributed by atoms with Crippen LogP contribution in [0.3, 0.4) is 0 Å². The molecule has 0 spiro atoms. The third-order valence-corrected chi connectivity index (χ3v) is 5.22. The van der Waals surface area contributed by atoms with Gasteiger partial charge in [-0.2, -0.15) is 0 Å². The molecule has 0 aliphatic rings. The Bertz CT molecular complexity index is 1180. The molecule has 146 valence electrons. The van der Waals surface area contributed by atoms with Gasteiger partial charge in [-0.15, -0.1) is 11.8 Å². The lowest BCUT2D eigenvalue weighted by Gasteiger charge is -2.13. The predicted molar refractivity (Wildman–Crippen MR) is 111 cm³/mol. The maximum Gasteiger partial charge on any atom is 0.280 e. The quantitative estimate of drug-likeness (QED) is 0.345. The summed E-state index contributed by atoms with van der Waals surface area (Å²) in [4.78, 5) is 20.5. The smallest absolute Gasteiger partial charge is 0.280 e. The molecule has 4 aromatic rings. The molecule has 29 heavy (non-hydrogen) atoms. The first kappa shape index (κ1) is 19.1. The molecule has 0 atom stereocenters. The van der Waals surface area contributed by atoms with Crippen molar-refractivity contribution < 1.29 is 13.6 Å². The summed E-state index contributed by atoms with van der Waals surface area (Å²) in [5.41, 5.74) is 2.79. The zero-order valence-electron chi connectivity index (χ0n) is 15.3. The van der Waals surface area contributed by atoms with E-state index in [1.165, 1.54) is 17.8 Å². The number of fused-ring (bicyclic) bond motifs is 1. The number of rotatable bonds is 6.